The Morgan fingerprint density at radius 2 is 1.70 bits per heavy atom. The van der Waals surface area contributed by atoms with E-state index in [4.69, 9.17) is 5.73 Å². The monoisotopic (exact) mass is 283 g/mol. The Hall–Kier alpha value is -1.10. The van der Waals surface area contributed by atoms with Gasteiger partial charge in [0.25, 0.3) is 0 Å². The molecule has 1 heterocycles. The zero-order valence-corrected chi connectivity index (χ0v) is 13.4. The van der Waals surface area contributed by atoms with Gasteiger partial charge in [0.2, 0.25) is 11.8 Å². The number of carbonyl (C=O) groups excluding carboxylic acids is 2. The normalized spacial score (nSPS) is 19.1. The van der Waals surface area contributed by atoms with Gasteiger partial charge in [-0.25, -0.2) is 0 Å². The van der Waals surface area contributed by atoms with Crippen molar-refractivity contribution in [1.82, 2.24) is 10.2 Å². The second-order valence-electron chi connectivity index (χ2n) is 7.11. The van der Waals surface area contributed by atoms with E-state index in [0.29, 0.717) is 13.1 Å². The molecule has 0 bridgehead atoms. The molecule has 3 N–H and O–H groups in total. The zero-order chi connectivity index (χ0) is 15.5. The average molecular weight is 283 g/mol. The molecule has 0 aromatic heterocycles. The first kappa shape index (κ1) is 17.0. The van der Waals surface area contributed by atoms with Crippen molar-refractivity contribution in [2.24, 2.45) is 17.1 Å². The molecule has 1 aliphatic rings. The topological polar surface area (TPSA) is 75.4 Å². The number of nitrogens with one attached hydrogen (secondary N) is 1. The summed E-state index contributed by atoms with van der Waals surface area (Å²) in [4.78, 5) is 25.8. The van der Waals surface area contributed by atoms with Crippen LogP contribution in [0, 0.1) is 11.3 Å². The minimum atomic E-state index is -0.468. The molecule has 116 valence electrons. The summed E-state index contributed by atoms with van der Waals surface area (Å²) in [5, 5.41) is 3.03. The molecule has 0 aromatic rings. The molecule has 1 fully saturated rings. The Balaban J connectivity index is 2.46. The van der Waals surface area contributed by atoms with Gasteiger partial charge in [-0.1, -0.05) is 34.6 Å². The number of hydrogen-bond acceptors (Lipinski definition) is 3. The molecular weight excluding hydrogens is 254 g/mol. The maximum atomic E-state index is 12.3. The highest BCUT2D eigenvalue weighted by molar-refractivity contribution is 5.82. The van der Waals surface area contributed by atoms with Crippen LogP contribution < -0.4 is 11.1 Å². The second kappa shape index (κ2) is 6.57. The Labute approximate surface area is 122 Å². The summed E-state index contributed by atoms with van der Waals surface area (Å²) in [6, 6.07) is -0.288. The van der Waals surface area contributed by atoms with Gasteiger partial charge in [0, 0.05) is 25.0 Å². The van der Waals surface area contributed by atoms with Crippen LogP contribution in [0.4, 0.5) is 0 Å². The fraction of sp³-hybridized carbons (Fsp3) is 0.867. The molecule has 1 rings (SSSR count). The van der Waals surface area contributed by atoms with E-state index in [1.807, 2.05) is 39.5 Å². The maximum absolute atomic E-state index is 12.3. The summed E-state index contributed by atoms with van der Waals surface area (Å²) in [5.41, 5.74) is 5.80. The molecule has 2 amide bonds. The first-order valence-corrected chi connectivity index (χ1v) is 7.47. The minimum absolute atomic E-state index is 0.00368. The molecular formula is C15H29N3O2. The summed E-state index contributed by atoms with van der Waals surface area (Å²) in [6.45, 7) is 11.0. The molecule has 5 nitrogen and oxygen atoms in total. The van der Waals surface area contributed by atoms with Crippen molar-refractivity contribution in [2.75, 3.05) is 13.1 Å². The quantitative estimate of drug-likeness (QED) is 0.815. The zero-order valence-electron chi connectivity index (χ0n) is 13.4. The fourth-order valence-corrected chi connectivity index (χ4v) is 2.18. The third-order valence-electron chi connectivity index (χ3n) is 3.88. The molecule has 0 radical (unpaired) electrons. The van der Waals surface area contributed by atoms with E-state index in [2.05, 4.69) is 5.32 Å². The summed E-state index contributed by atoms with van der Waals surface area (Å²) < 4.78 is 0. The Morgan fingerprint density at radius 3 is 2.10 bits per heavy atom. The summed E-state index contributed by atoms with van der Waals surface area (Å²) in [7, 11) is 0. The summed E-state index contributed by atoms with van der Waals surface area (Å²) in [6.07, 6.45) is 1.61. The maximum Gasteiger partial charge on any atom is 0.240 e. The van der Waals surface area contributed by atoms with E-state index in [0.717, 1.165) is 12.8 Å². The number of piperidine rings is 1. The highest BCUT2D eigenvalue weighted by Crippen LogP contribution is 2.21. The fourth-order valence-electron chi connectivity index (χ4n) is 2.18. The van der Waals surface area contributed by atoms with Crippen LogP contribution >= 0.6 is 0 Å². The Morgan fingerprint density at radius 1 is 1.20 bits per heavy atom. The number of likely N-dealkylation sites (tertiary alicyclic amines) is 1. The van der Waals surface area contributed by atoms with Crippen molar-refractivity contribution in [1.29, 1.82) is 0 Å². The SMILES string of the molecule is CC(C)C(=O)NC1CCN(C(=O)C(N)C(C)(C)C)CC1. The van der Waals surface area contributed by atoms with Crippen LogP contribution in [0.15, 0.2) is 0 Å². The lowest BCUT2D eigenvalue weighted by molar-refractivity contribution is -0.136. The standard InChI is InChI=1S/C15H29N3O2/c1-10(2)13(19)17-11-6-8-18(9-7-11)14(20)12(16)15(3,4)5/h10-12H,6-9,16H2,1-5H3,(H,17,19). The average Bonchev–Trinajstić information content (AvgIpc) is 2.36. The van der Waals surface area contributed by atoms with Gasteiger partial charge in [-0.15, -0.1) is 0 Å². The summed E-state index contributed by atoms with van der Waals surface area (Å²) in [5.74, 6) is 0.108. The predicted octanol–water partition coefficient (Wildman–Crippen LogP) is 1.12. The van der Waals surface area contributed by atoms with Gasteiger partial charge in [0.15, 0.2) is 0 Å². The lowest BCUT2D eigenvalue weighted by Gasteiger charge is -2.36. The lowest BCUT2D eigenvalue weighted by Crippen LogP contribution is -2.54. The molecule has 1 atom stereocenters. The van der Waals surface area contributed by atoms with E-state index >= 15 is 0 Å². The van der Waals surface area contributed by atoms with Crippen LogP contribution in [0.1, 0.15) is 47.5 Å². The minimum Gasteiger partial charge on any atom is -0.353 e. The molecule has 1 unspecified atom stereocenters. The van der Waals surface area contributed by atoms with Crippen LogP contribution in [-0.2, 0) is 9.59 Å². The molecule has 0 aromatic carbocycles. The molecule has 20 heavy (non-hydrogen) atoms. The van der Waals surface area contributed by atoms with Crippen LogP contribution in [0.2, 0.25) is 0 Å². The highest BCUT2D eigenvalue weighted by Gasteiger charge is 2.33. The number of rotatable bonds is 3. The third kappa shape index (κ3) is 4.47. The first-order chi connectivity index (χ1) is 9.12. The molecule has 1 saturated heterocycles. The van der Waals surface area contributed by atoms with Crippen molar-refractivity contribution in [3.8, 4) is 0 Å². The van der Waals surface area contributed by atoms with E-state index in [9.17, 15) is 9.59 Å². The van der Waals surface area contributed by atoms with Crippen LogP contribution in [0.3, 0.4) is 0 Å². The number of nitrogens with two attached hydrogens (primary N) is 1. The van der Waals surface area contributed by atoms with Crippen molar-refractivity contribution in [2.45, 2.75) is 59.5 Å². The van der Waals surface area contributed by atoms with E-state index in [1.165, 1.54) is 0 Å². The van der Waals surface area contributed by atoms with Gasteiger partial charge in [0.05, 0.1) is 6.04 Å². The number of hydrogen-bond donors (Lipinski definition) is 2. The highest BCUT2D eigenvalue weighted by atomic mass is 16.2. The molecule has 5 heteroatoms. The van der Waals surface area contributed by atoms with Gasteiger partial charge >= 0.3 is 0 Å². The van der Waals surface area contributed by atoms with Crippen LogP contribution in [-0.4, -0.2) is 41.9 Å². The lowest BCUT2D eigenvalue weighted by atomic mass is 9.86. The largest absolute Gasteiger partial charge is 0.353 e. The van der Waals surface area contributed by atoms with Gasteiger partial charge in [-0.2, -0.15) is 0 Å². The smallest absolute Gasteiger partial charge is 0.240 e. The van der Waals surface area contributed by atoms with Crippen molar-refractivity contribution >= 4 is 11.8 Å². The molecule has 1 aliphatic heterocycles. The van der Waals surface area contributed by atoms with Crippen molar-refractivity contribution < 1.29 is 9.59 Å². The number of amides is 2. The van der Waals surface area contributed by atoms with Gasteiger partial charge < -0.3 is 16.0 Å². The first-order valence-electron chi connectivity index (χ1n) is 7.47. The number of nitrogens with zero attached hydrogens (tertiary/aromatic N) is 1. The van der Waals surface area contributed by atoms with E-state index < -0.39 is 6.04 Å². The van der Waals surface area contributed by atoms with Crippen LogP contribution in [0.25, 0.3) is 0 Å². The Kier molecular flexibility index (Phi) is 5.57. The van der Waals surface area contributed by atoms with Crippen molar-refractivity contribution in [3.05, 3.63) is 0 Å². The molecule has 0 aliphatic carbocycles. The molecule has 0 spiro atoms. The number of carbonyl (C=O) groups is 2. The van der Waals surface area contributed by atoms with Gasteiger partial charge in [-0.05, 0) is 18.3 Å². The molecule has 0 saturated carbocycles. The Bertz CT molecular complexity index is 353. The van der Waals surface area contributed by atoms with Gasteiger partial charge in [0.1, 0.15) is 0 Å². The van der Waals surface area contributed by atoms with E-state index in [1.54, 1.807) is 0 Å². The van der Waals surface area contributed by atoms with Gasteiger partial charge in [-0.3, -0.25) is 9.59 Å². The predicted molar refractivity (Wildman–Crippen MR) is 80.0 cm³/mol. The van der Waals surface area contributed by atoms with E-state index in [-0.39, 0.29) is 29.2 Å². The van der Waals surface area contributed by atoms with Crippen molar-refractivity contribution in [3.63, 3.8) is 0 Å². The van der Waals surface area contributed by atoms with Crippen LogP contribution in [0.5, 0.6) is 0 Å². The third-order valence-corrected chi connectivity index (χ3v) is 3.88. The summed E-state index contributed by atoms with van der Waals surface area (Å²) >= 11 is 0. The second-order valence-corrected chi connectivity index (χ2v) is 7.11.